The number of aliphatic hydroxyl groups excluding tert-OH is 1. The normalized spacial score (nSPS) is 15.9. The summed E-state index contributed by atoms with van der Waals surface area (Å²) in [4.78, 5) is 11.3. The lowest BCUT2D eigenvalue weighted by atomic mass is 10.2. The number of hydrogen-bond donors (Lipinski definition) is 2. The van der Waals surface area contributed by atoms with E-state index in [0.717, 1.165) is 0 Å². The summed E-state index contributed by atoms with van der Waals surface area (Å²) in [6, 6.07) is 7.22. The first-order chi connectivity index (χ1) is 10.2. The molecule has 6 heteroatoms. The minimum Gasteiger partial charge on any atom is -0.491 e. The lowest BCUT2D eigenvalue weighted by Gasteiger charge is -2.16. The van der Waals surface area contributed by atoms with E-state index in [0.29, 0.717) is 23.9 Å². The number of hydrogen-bond acceptors (Lipinski definition) is 5. The predicted octanol–water partition coefficient (Wildman–Crippen LogP) is 2.17. The molecule has 0 spiro atoms. The second-order valence-corrected chi connectivity index (χ2v) is 5.37. The van der Waals surface area contributed by atoms with Crippen LogP contribution in [0.3, 0.4) is 0 Å². The molecular weight excluding hydrogens is 306 g/mol. The van der Waals surface area contributed by atoms with E-state index >= 15 is 0 Å². The fourth-order valence-corrected chi connectivity index (χ4v) is 2.49. The van der Waals surface area contributed by atoms with Gasteiger partial charge in [-0.1, -0.05) is 12.8 Å². The quantitative estimate of drug-likeness (QED) is 0.750. The number of carbonyl (C=O) groups is 1. The first kappa shape index (κ1) is 18.7. The van der Waals surface area contributed by atoms with Crippen molar-refractivity contribution in [3.8, 4) is 5.75 Å². The predicted molar refractivity (Wildman–Crippen MR) is 86.8 cm³/mol. The summed E-state index contributed by atoms with van der Waals surface area (Å²) in [5.74, 6) is 0.255. The van der Waals surface area contributed by atoms with Crippen LogP contribution in [-0.4, -0.2) is 43.5 Å². The molecule has 1 aromatic carbocycles. The highest BCUT2D eigenvalue weighted by molar-refractivity contribution is 5.89. The first-order valence-corrected chi connectivity index (χ1v) is 7.41. The van der Waals surface area contributed by atoms with Gasteiger partial charge in [-0.05, 0) is 37.1 Å². The maximum atomic E-state index is 11.3. The zero-order chi connectivity index (χ0) is 15.1. The van der Waals surface area contributed by atoms with Crippen molar-refractivity contribution >= 4 is 18.4 Å². The molecule has 0 radical (unpaired) electrons. The third-order valence-corrected chi connectivity index (χ3v) is 3.72. The van der Waals surface area contributed by atoms with Crippen LogP contribution in [0.15, 0.2) is 24.3 Å². The molecule has 22 heavy (non-hydrogen) atoms. The molecule has 1 fully saturated rings. The van der Waals surface area contributed by atoms with Crippen molar-refractivity contribution in [3.63, 3.8) is 0 Å². The molecule has 1 atom stereocenters. The van der Waals surface area contributed by atoms with E-state index in [1.807, 2.05) is 0 Å². The third kappa shape index (κ3) is 5.83. The fourth-order valence-electron chi connectivity index (χ4n) is 2.49. The minimum absolute atomic E-state index is 0. The van der Waals surface area contributed by atoms with Crippen molar-refractivity contribution in [2.24, 2.45) is 0 Å². The van der Waals surface area contributed by atoms with Crippen molar-refractivity contribution in [3.05, 3.63) is 29.8 Å². The third-order valence-electron chi connectivity index (χ3n) is 3.72. The summed E-state index contributed by atoms with van der Waals surface area (Å²) in [6.07, 6.45) is 4.41. The van der Waals surface area contributed by atoms with E-state index < -0.39 is 6.10 Å². The van der Waals surface area contributed by atoms with Gasteiger partial charge in [0.05, 0.1) is 12.7 Å². The number of ether oxygens (including phenoxy) is 2. The van der Waals surface area contributed by atoms with Gasteiger partial charge in [0, 0.05) is 12.6 Å². The molecule has 1 aromatic rings. The lowest BCUT2D eigenvalue weighted by molar-refractivity contribution is 0.0600. The summed E-state index contributed by atoms with van der Waals surface area (Å²) in [5, 5.41) is 13.2. The highest BCUT2D eigenvalue weighted by atomic mass is 35.5. The smallest absolute Gasteiger partial charge is 0.337 e. The molecule has 2 rings (SSSR count). The average Bonchev–Trinajstić information content (AvgIpc) is 3.04. The van der Waals surface area contributed by atoms with Crippen LogP contribution >= 0.6 is 12.4 Å². The Kier molecular flexibility index (Phi) is 8.24. The Morgan fingerprint density at radius 3 is 2.55 bits per heavy atom. The van der Waals surface area contributed by atoms with Gasteiger partial charge in [0.1, 0.15) is 18.5 Å². The number of nitrogens with one attached hydrogen (secondary N) is 1. The lowest BCUT2D eigenvalue weighted by Crippen LogP contribution is -2.36. The summed E-state index contributed by atoms with van der Waals surface area (Å²) >= 11 is 0. The summed E-state index contributed by atoms with van der Waals surface area (Å²) in [6.45, 7) is 0.780. The van der Waals surface area contributed by atoms with Crippen LogP contribution in [0.4, 0.5) is 0 Å². The highest BCUT2D eigenvalue weighted by Gasteiger charge is 2.15. The Bertz CT molecular complexity index is 446. The van der Waals surface area contributed by atoms with E-state index in [9.17, 15) is 9.90 Å². The molecular formula is C16H24ClNO4. The molecule has 1 aliphatic rings. The molecule has 0 aliphatic heterocycles. The maximum Gasteiger partial charge on any atom is 0.337 e. The molecule has 0 aromatic heterocycles. The summed E-state index contributed by atoms with van der Waals surface area (Å²) in [7, 11) is 1.35. The summed E-state index contributed by atoms with van der Waals surface area (Å²) in [5.41, 5.74) is 0.480. The first-order valence-electron chi connectivity index (χ1n) is 7.41. The van der Waals surface area contributed by atoms with Gasteiger partial charge in [-0.2, -0.15) is 0 Å². The number of carbonyl (C=O) groups excluding carboxylic acids is 1. The zero-order valence-electron chi connectivity index (χ0n) is 12.8. The maximum absolute atomic E-state index is 11.3. The number of rotatable bonds is 7. The van der Waals surface area contributed by atoms with Crippen LogP contribution in [0, 0.1) is 0 Å². The van der Waals surface area contributed by atoms with Gasteiger partial charge in [-0.15, -0.1) is 12.4 Å². The standard InChI is InChI=1S/C16H23NO4.ClH/c1-20-16(19)12-6-8-15(9-7-12)21-11-14(18)10-17-13-4-2-3-5-13;/h6-9,13-14,17-18H,2-5,10-11H2,1H3;1H. The van der Waals surface area contributed by atoms with Crippen molar-refractivity contribution in [2.75, 3.05) is 20.3 Å². The molecule has 5 nitrogen and oxygen atoms in total. The molecule has 0 heterocycles. The van der Waals surface area contributed by atoms with Crippen LogP contribution in [0.25, 0.3) is 0 Å². The number of methoxy groups -OCH3 is 1. The Morgan fingerprint density at radius 2 is 1.95 bits per heavy atom. The van der Waals surface area contributed by atoms with Gasteiger partial charge >= 0.3 is 5.97 Å². The van der Waals surface area contributed by atoms with Gasteiger partial charge in [0.15, 0.2) is 0 Å². The number of halogens is 1. The Morgan fingerprint density at radius 1 is 1.32 bits per heavy atom. The molecule has 124 valence electrons. The van der Waals surface area contributed by atoms with Crippen LogP contribution < -0.4 is 10.1 Å². The highest BCUT2D eigenvalue weighted by Crippen LogP contribution is 2.17. The van der Waals surface area contributed by atoms with Crippen molar-refractivity contribution in [2.45, 2.75) is 37.8 Å². The SMILES string of the molecule is COC(=O)c1ccc(OCC(O)CNC2CCCC2)cc1.Cl. The Balaban J connectivity index is 0.00000242. The zero-order valence-corrected chi connectivity index (χ0v) is 13.6. The number of benzene rings is 1. The number of aliphatic hydroxyl groups is 1. The van der Waals surface area contributed by atoms with E-state index in [2.05, 4.69) is 10.1 Å². The van der Waals surface area contributed by atoms with Crippen molar-refractivity contribution in [1.82, 2.24) is 5.32 Å². The molecule has 1 aliphatic carbocycles. The van der Waals surface area contributed by atoms with E-state index in [1.165, 1.54) is 32.8 Å². The molecule has 2 N–H and O–H groups in total. The molecule has 1 saturated carbocycles. The largest absolute Gasteiger partial charge is 0.491 e. The molecule has 0 saturated heterocycles. The molecule has 0 bridgehead atoms. The van der Waals surface area contributed by atoms with Crippen molar-refractivity contribution < 1.29 is 19.4 Å². The minimum atomic E-state index is -0.536. The monoisotopic (exact) mass is 329 g/mol. The Labute approximate surface area is 137 Å². The van der Waals surface area contributed by atoms with E-state index in [-0.39, 0.29) is 25.0 Å². The van der Waals surface area contributed by atoms with Crippen LogP contribution in [-0.2, 0) is 4.74 Å². The number of esters is 1. The van der Waals surface area contributed by atoms with E-state index in [1.54, 1.807) is 24.3 Å². The van der Waals surface area contributed by atoms with Crippen molar-refractivity contribution in [1.29, 1.82) is 0 Å². The Hall–Kier alpha value is -1.30. The van der Waals surface area contributed by atoms with Gasteiger partial charge in [-0.3, -0.25) is 0 Å². The van der Waals surface area contributed by atoms with Crippen LogP contribution in [0.5, 0.6) is 5.75 Å². The van der Waals surface area contributed by atoms with Gasteiger partial charge in [0.25, 0.3) is 0 Å². The summed E-state index contributed by atoms with van der Waals surface area (Å²) < 4.78 is 10.1. The second-order valence-electron chi connectivity index (χ2n) is 5.37. The van der Waals surface area contributed by atoms with Gasteiger partial charge < -0.3 is 19.9 Å². The topological polar surface area (TPSA) is 67.8 Å². The average molecular weight is 330 g/mol. The fraction of sp³-hybridized carbons (Fsp3) is 0.562. The van der Waals surface area contributed by atoms with E-state index in [4.69, 9.17) is 4.74 Å². The van der Waals surface area contributed by atoms with Gasteiger partial charge in [0.2, 0.25) is 0 Å². The van der Waals surface area contributed by atoms with Crippen LogP contribution in [0.1, 0.15) is 36.0 Å². The second kappa shape index (κ2) is 9.66. The van der Waals surface area contributed by atoms with Gasteiger partial charge in [-0.25, -0.2) is 4.79 Å². The molecule has 0 amide bonds. The van der Waals surface area contributed by atoms with Crippen LogP contribution in [0.2, 0.25) is 0 Å². The molecule has 1 unspecified atom stereocenters.